The molecule has 2 heterocycles. The van der Waals surface area contributed by atoms with Gasteiger partial charge in [-0.3, -0.25) is 4.90 Å². The lowest BCUT2D eigenvalue weighted by molar-refractivity contribution is 0.326. The van der Waals surface area contributed by atoms with E-state index in [-0.39, 0.29) is 4.90 Å². The molecule has 7 heteroatoms. The first kappa shape index (κ1) is 14.7. The molecule has 0 amide bonds. The van der Waals surface area contributed by atoms with Crippen molar-refractivity contribution >= 4 is 15.8 Å². The molecule has 1 unspecified atom stereocenters. The summed E-state index contributed by atoms with van der Waals surface area (Å²) >= 11 is 0. The molecule has 3 rings (SSSR count). The molecule has 1 aliphatic heterocycles. The monoisotopic (exact) mass is 310 g/mol. The fourth-order valence-corrected chi connectivity index (χ4v) is 3.56. The Morgan fingerprint density at radius 1 is 1.29 bits per heavy atom. The quantitative estimate of drug-likeness (QED) is 0.878. The molecule has 21 heavy (non-hydrogen) atoms. The maximum Gasteiger partial charge on any atom is 0.244 e. The second-order valence-corrected chi connectivity index (χ2v) is 8.17. The Kier molecular flexibility index (Phi) is 3.90. The summed E-state index contributed by atoms with van der Waals surface area (Å²) in [6.07, 6.45) is 5.21. The fourth-order valence-electron chi connectivity index (χ4n) is 2.71. The first-order valence-electron chi connectivity index (χ1n) is 7.36. The van der Waals surface area contributed by atoms with E-state index in [9.17, 15) is 8.42 Å². The van der Waals surface area contributed by atoms with Gasteiger partial charge in [0, 0.05) is 45.5 Å². The second kappa shape index (κ2) is 5.55. The van der Waals surface area contributed by atoms with Gasteiger partial charge in [0.1, 0.15) is 10.7 Å². The van der Waals surface area contributed by atoms with Gasteiger partial charge in [0.05, 0.1) is 0 Å². The number of rotatable bonds is 5. The van der Waals surface area contributed by atoms with Gasteiger partial charge in [0.15, 0.2) is 0 Å². The van der Waals surface area contributed by atoms with Gasteiger partial charge in [0.2, 0.25) is 10.0 Å². The largest absolute Gasteiger partial charge is 0.366 e. The third-order valence-electron chi connectivity index (χ3n) is 4.15. The summed E-state index contributed by atoms with van der Waals surface area (Å²) in [5.41, 5.74) is 0. The molecule has 1 aromatic rings. The lowest BCUT2D eigenvalue weighted by Gasteiger charge is -2.16. The van der Waals surface area contributed by atoms with Gasteiger partial charge in [-0.2, -0.15) is 0 Å². The van der Waals surface area contributed by atoms with Gasteiger partial charge in [0.25, 0.3) is 0 Å². The van der Waals surface area contributed by atoms with E-state index in [2.05, 4.69) is 15.2 Å². The SMILES string of the molecule is CN(C)S(=O)(=O)c1ccc(NC2CCN(C3CC3)C2)nc1. The maximum atomic E-state index is 12.0. The zero-order chi connectivity index (χ0) is 15.0. The first-order chi connectivity index (χ1) is 9.96. The molecule has 0 bridgehead atoms. The number of hydrogen-bond acceptors (Lipinski definition) is 5. The predicted molar refractivity (Wildman–Crippen MR) is 81.7 cm³/mol. The number of nitrogens with zero attached hydrogens (tertiary/aromatic N) is 3. The summed E-state index contributed by atoms with van der Waals surface area (Å²) in [5, 5.41) is 3.40. The smallest absolute Gasteiger partial charge is 0.244 e. The van der Waals surface area contributed by atoms with Crippen molar-refractivity contribution in [3.63, 3.8) is 0 Å². The number of nitrogens with one attached hydrogen (secondary N) is 1. The van der Waals surface area contributed by atoms with Crippen molar-refractivity contribution in [3.05, 3.63) is 18.3 Å². The molecule has 116 valence electrons. The topological polar surface area (TPSA) is 65.5 Å². The minimum atomic E-state index is -3.40. The van der Waals surface area contributed by atoms with Crippen LogP contribution in [0.4, 0.5) is 5.82 Å². The average molecular weight is 310 g/mol. The Labute approximate surface area is 126 Å². The van der Waals surface area contributed by atoms with Crippen LogP contribution in [0.15, 0.2) is 23.2 Å². The highest BCUT2D eigenvalue weighted by Gasteiger charge is 2.34. The summed E-state index contributed by atoms with van der Waals surface area (Å²) < 4.78 is 25.1. The minimum absolute atomic E-state index is 0.226. The van der Waals surface area contributed by atoms with Crippen molar-refractivity contribution < 1.29 is 8.42 Å². The maximum absolute atomic E-state index is 12.0. The number of pyridine rings is 1. The summed E-state index contributed by atoms with van der Waals surface area (Å²) in [6.45, 7) is 2.21. The zero-order valence-electron chi connectivity index (χ0n) is 12.5. The van der Waals surface area contributed by atoms with Crippen LogP contribution in [0.3, 0.4) is 0 Å². The Balaban J connectivity index is 1.62. The average Bonchev–Trinajstić information content (AvgIpc) is 3.20. The van der Waals surface area contributed by atoms with Crippen LogP contribution in [-0.4, -0.2) is 61.9 Å². The molecule has 1 N–H and O–H groups in total. The first-order valence-corrected chi connectivity index (χ1v) is 8.80. The van der Waals surface area contributed by atoms with Crippen molar-refractivity contribution in [1.29, 1.82) is 0 Å². The van der Waals surface area contributed by atoms with Gasteiger partial charge >= 0.3 is 0 Å². The number of likely N-dealkylation sites (tertiary alicyclic amines) is 1. The van der Waals surface area contributed by atoms with Crippen molar-refractivity contribution in [2.75, 3.05) is 32.5 Å². The van der Waals surface area contributed by atoms with Crippen LogP contribution < -0.4 is 5.32 Å². The molecule has 1 aliphatic carbocycles. The number of hydrogen-bond donors (Lipinski definition) is 1. The Hall–Kier alpha value is -1.18. The molecule has 0 spiro atoms. The van der Waals surface area contributed by atoms with Crippen molar-refractivity contribution in [2.45, 2.75) is 36.2 Å². The van der Waals surface area contributed by atoms with Gasteiger partial charge in [-0.25, -0.2) is 17.7 Å². The van der Waals surface area contributed by atoms with Crippen LogP contribution in [0.2, 0.25) is 0 Å². The van der Waals surface area contributed by atoms with E-state index in [0.29, 0.717) is 6.04 Å². The van der Waals surface area contributed by atoms with Crippen LogP contribution in [0.5, 0.6) is 0 Å². The minimum Gasteiger partial charge on any atom is -0.366 e. The standard InChI is InChI=1S/C14H22N4O2S/c1-17(2)21(19,20)13-5-6-14(15-9-13)16-11-7-8-18(10-11)12-3-4-12/h5-6,9,11-12H,3-4,7-8,10H2,1-2H3,(H,15,16). The lowest BCUT2D eigenvalue weighted by atomic mass is 10.2. The van der Waals surface area contributed by atoms with Gasteiger partial charge < -0.3 is 5.32 Å². The van der Waals surface area contributed by atoms with Gasteiger partial charge in [-0.1, -0.05) is 0 Å². The third-order valence-corrected chi connectivity index (χ3v) is 5.95. The molecule has 1 aromatic heterocycles. The van der Waals surface area contributed by atoms with E-state index in [1.807, 2.05) is 0 Å². The van der Waals surface area contributed by atoms with E-state index < -0.39 is 10.0 Å². The van der Waals surface area contributed by atoms with E-state index in [1.54, 1.807) is 12.1 Å². The van der Waals surface area contributed by atoms with Gasteiger partial charge in [-0.05, 0) is 31.4 Å². The van der Waals surface area contributed by atoms with Crippen molar-refractivity contribution in [2.24, 2.45) is 0 Å². The predicted octanol–water partition coefficient (Wildman–Crippen LogP) is 0.980. The molecule has 1 saturated carbocycles. The molecule has 0 radical (unpaired) electrons. The fraction of sp³-hybridized carbons (Fsp3) is 0.643. The molecule has 1 atom stereocenters. The van der Waals surface area contributed by atoms with Crippen LogP contribution in [0.1, 0.15) is 19.3 Å². The molecule has 1 saturated heterocycles. The van der Waals surface area contributed by atoms with Crippen LogP contribution in [0.25, 0.3) is 0 Å². The van der Waals surface area contributed by atoms with Gasteiger partial charge in [-0.15, -0.1) is 0 Å². The summed E-state index contributed by atoms with van der Waals surface area (Å²) in [5.74, 6) is 0.746. The van der Waals surface area contributed by atoms with Crippen molar-refractivity contribution in [3.8, 4) is 0 Å². The van der Waals surface area contributed by atoms with E-state index >= 15 is 0 Å². The molecule has 2 aliphatic rings. The van der Waals surface area contributed by atoms with Crippen molar-refractivity contribution in [1.82, 2.24) is 14.2 Å². The number of sulfonamides is 1. The number of anilines is 1. The second-order valence-electron chi connectivity index (χ2n) is 6.02. The van der Waals surface area contributed by atoms with Crippen LogP contribution in [-0.2, 0) is 10.0 Å². The van der Waals surface area contributed by atoms with Crippen LogP contribution >= 0.6 is 0 Å². The highest BCUT2D eigenvalue weighted by molar-refractivity contribution is 7.89. The summed E-state index contributed by atoms with van der Waals surface area (Å²) in [4.78, 5) is 7.00. The zero-order valence-corrected chi connectivity index (χ0v) is 13.3. The number of aromatic nitrogens is 1. The Bertz CT molecular complexity index is 596. The highest BCUT2D eigenvalue weighted by atomic mass is 32.2. The highest BCUT2D eigenvalue weighted by Crippen LogP contribution is 2.30. The Morgan fingerprint density at radius 3 is 2.62 bits per heavy atom. The molecule has 0 aromatic carbocycles. The lowest BCUT2D eigenvalue weighted by Crippen LogP contribution is -2.28. The van der Waals surface area contributed by atoms with E-state index in [4.69, 9.17) is 0 Å². The third kappa shape index (κ3) is 3.20. The normalized spacial score (nSPS) is 23.7. The van der Waals surface area contributed by atoms with Crippen LogP contribution in [0, 0.1) is 0 Å². The molecule has 2 fully saturated rings. The van der Waals surface area contributed by atoms with E-state index in [1.165, 1.54) is 37.4 Å². The molecular formula is C14H22N4O2S. The summed E-state index contributed by atoms with van der Waals surface area (Å²) in [7, 11) is -0.357. The molecule has 6 nitrogen and oxygen atoms in total. The Morgan fingerprint density at radius 2 is 2.05 bits per heavy atom. The van der Waals surface area contributed by atoms with E-state index in [0.717, 1.165) is 31.4 Å². The summed E-state index contributed by atoms with van der Waals surface area (Å²) in [6, 6.07) is 4.57. The molecular weight excluding hydrogens is 288 g/mol.